The molecular weight excluding hydrogens is 254 g/mol. The second kappa shape index (κ2) is 5.02. The molecule has 0 bridgehead atoms. The van der Waals surface area contributed by atoms with E-state index in [9.17, 15) is 0 Å². The Kier molecular flexibility index (Phi) is 2.89. The highest BCUT2D eigenvalue weighted by atomic mass is 14.7. The van der Waals surface area contributed by atoms with Crippen molar-refractivity contribution in [2.75, 3.05) is 0 Å². The molecule has 0 saturated heterocycles. The number of nitrogens with zero attached hydrogens (tertiary/aromatic N) is 1. The molecule has 1 aromatic heterocycles. The summed E-state index contributed by atoms with van der Waals surface area (Å²) >= 11 is 0. The van der Waals surface area contributed by atoms with Crippen molar-refractivity contribution in [2.45, 2.75) is 6.42 Å². The summed E-state index contributed by atoms with van der Waals surface area (Å²) in [7, 11) is 0. The molecule has 0 saturated carbocycles. The molecule has 21 heavy (non-hydrogen) atoms. The van der Waals surface area contributed by atoms with Crippen molar-refractivity contribution in [2.24, 2.45) is 0 Å². The fourth-order valence-electron chi connectivity index (χ4n) is 2.85. The van der Waals surface area contributed by atoms with Crippen molar-refractivity contribution in [3.05, 3.63) is 90.1 Å². The topological polar surface area (TPSA) is 12.9 Å². The van der Waals surface area contributed by atoms with Crippen LogP contribution in [0.5, 0.6) is 0 Å². The summed E-state index contributed by atoms with van der Waals surface area (Å²) in [5, 5.41) is 3.80. The third-order valence-corrected chi connectivity index (χ3v) is 3.91. The zero-order valence-electron chi connectivity index (χ0n) is 11.7. The highest BCUT2D eigenvalue weighted by Gasteiger charge is 2.03. The molecule has 0 aliphatic heterocycles. The number of fused-ring (bicyclic) bond motifs is 2. The molecule has 4 aromatic rings. The molecule has 0 unspecified atom stereocenters. The second-order valence-corrected chi connectivity index (χ2v) is 5.31. The van der Waals surface area contributed by atoms with Crippen molar-refractivity contribution < 1.29 is 0 Å². The third kappa shape index (κ3) is 2.27. The van der Waals surface area contributed by atoms with Crippen molar-refractivity contribution >= 4 is 21.7 Å². The zero-order chi connectivity index (χ0) is 14.1. The smallest absolute Gasteiger partial charge is 0.0705 e. The van der Waals surface area contributed by atoms with Gasteiger partial charge in [0.2, 0.25) is 0 Å². The first-order valence-electron chi connectivity index (χ1n) is 7.21. The maximum absolute atomic E-state index is 4.78. The summed E-state index contributed by atoms with van der Waals surface area (Å²) in [4.78, 5) is 4.78. The minimum atomic E-state index is 0.867. The van der Waals surface area contributed by atoms with E-state index in [1.165, 1.54) is 21.7 Å². The predicted molar refractivity (Wildman–Crippen MR) is 88.5 cm³/mol. The van der Waals surface area contributed by atoms with Crippen LogP contribution in [0.4, 0.5) is 0 Å². The van der Waals surface area contributed by atoms with Crippen LogP contribution in [0.3, 0.4) is 0 Å². The van der Waals surface area contributed by atoms with Gasteiger partial charge in [-0.25, -0.2) is 0 Å². The van der Waals surface area contributed by atoms with E-state index in [1.54, 1.807) is 0 Å². The molecule has 0 amide bonds. The Morgan fingerprint density at radius 1 is 0.619 bits per heavy atom. The van der Waals surface area contributed by atoms with Gasteiger partial charge in [-0.05, 0) is 28.5 Å². The molecule has 0 aliphatic carbocycles. The Balaban J connectivity index is 1.79. The monoisotopic (exact) mass is 269 g/mol. The van der Waals surface area contributed by atoms with Crippen molar-refractivity contribution in [3.63, 3.8) is 0 Å². The predicted octanol–water partition coefficient (Wildman–Crippen LogP) is 4.98. The van der Waals surface area contributed by atoms with Crippen LogP contribution in [0.15, 0.2) is 78.9 Å². The van der Waals surface area contributed by atoms with Crippen molar-refractivity contribution in [1.29, 1.82) is 0 Å². The Bertz CT molecular complexity index is 919. The van der Waals surface area contributed by atoms with Crippen LogP contribution in [0.1, 0.15) is 11.3 Å². The fraction of sp³-hybridized carbons (Fsp3) is 0.0500. The average Bonchev–Trinajstić information content (AvgIpc) is 2.55. The highest BCUT2D eigenvalue weighted by molar-refractivity contribution is 5.86. The third-order valence-electron chi connectivity index (χ3n) is 3.91. The Hall–Kier alpha value is -2.67. The maximum atomic E-state index is 4.78. The largest absolute Gasteiger partial charge is 0.252 e. The summed E-state index contributed by atoms with van der Waals surface area (Å²) in [5.41, 5.74) is 3.51. The van der Waals surface area contributed by atoms with Crippen LogP contribution in [0, 0.1) is 0 Å². The fourth-order valence-corrected chi connectivity index (χ4v) is 2.85. The lowest BCUT2D eigenvalue weighted by molar-refractivity contribution is 1.11. The number of rotatable bonds is 2. The average molecular weight is 269 g/mol. The van der Waals surface area contributed by atoms with Gasteiger partial charge in [0.25, 0.3) is 0 Å². The van der Waals surface area contributed by atoms with E-state index in [0.717, 1.165) is 17.6 Å². The first-order chi connectivity index (χ1) is 10.4. The minimum absolute atomic E-state index is 0.867. The molecule has 3 aromatic carbocycles. The van der Waals surface area contributed by atoms with Crippen LogP contribution in [0.25, 0.3) is 21.7 Å². The normalized spacial score (nSPS) is 11.0. The number of aromatic nitrogens is 1. The first kappa shape index (κ1) is 12.1. The van der Waals surface area contributed by atoms with Gasteiger partial charge in [0.1, 0.15) is 0 Å². The van der Waals surface area contributed by atoms with Gasteiger partial charge in [0, 0.05) is 17.5 Å². The lowest BCUT2D eigenvalue weighted by Gasteiger charge is -2.07. The standard InChI is InChI=1S/C20H15N/c1-3-10-19-15(6-1)8-5-9-17(19)14-18-13-12-16-7-2-4-11-20(16)21-18/h1-13H,14H2. The maximum Gasteiger partial charge on any atom is 0.0705 e. The van der Waals surface area contributed by atoms with Gasteiger partial charge in [0.05, 0.1) is 5.52 Å². The van der Waals surface area contributed by atoms with E-state index in [0.29, 0.717) is 0 Å². The van der Waals surface area contributed by atoms with Gasteiger partial charge >= 0.3 is 0 Å². The molecule has 1 heterocycles. The molecule has 0 radical (unpaired) electrons. The summed E-state index contributed by atoms with van der Waals surface area (Å²) < 4.78 is 0. The highest BCUT2D eigenvalue weighted by Crippen LogP contribution is 2.21. The molecule has 0 fully saturated rings. The van der Waals surface area contributed by atoms with Gasteiger partial charge in [-0.1, -0.05) is 66.7 Å². The lowest BCUT2D eigenvalue weighted by Crippen LogP contribution is -1.93. The van der Waals surface area contributed by atoms with Crippen LogP contribution in [-0.2, 0) is 6.42 Å². The summed E-state index contributed by atoms with van der Waals surface area (Å²) in [6.07, 6.45) is 0.867. The quantitative estimate of drug-likeness (QED) is 0.500. The van der Waals surface area contributed by atoms with Gasteiger partial charge in [-0.2, -0.15) is 0 Å². The molecule has 100 valence electrons. The molecular formula is C20H15N. The molecule has 0 atom stereocenters. The number of hydrogen-bond acceptors (Lipinski definition) is 1. The number of pyridine rings is 1. The zero-order valence-corrected chi connectivity index (χ0v) is 11.7. The molecule has 1 heteroatoms. The number of para-hydroxylation sites is 1. The van der Waals surface area contributed by atoms with E-state index in [4.69, 9.17) is 4.98 Å². The molecule has 0 N–H and O–H groups in total. The second-order valence-electron chi connectivity index (χ2n) is 5.31. The molecule has 0 spiro atoms. The Labute approximate surface area is 123 Å². The molecule has 4 rings (SSSR count). The van der Waals surface area contributed by atoms with Gasteiger partial charge < -0.3 is 0 Å². The van der Waals surface area contributed by atoms with Gasteiger partial charge in [-0.15, -0.1) is 0 Å². The van der Waals surface area contributed by atoms with E-state index < -0.39 is 0 Å². The van der Waals surface area contributed by atoms with E-state index >= 15 is 0 Å². The summed E-state index contributed by atoms with van der Waals surface area (Å²) in [6, 6.07) is 27.5. The minimum Gasteiger partial charge on any atom is -0.252 e. The van der Waals surface area contributed by atoms with Crippen LogP contribution >= 0.6 is 0 Å². The van der Waals surface area contributed by atoms with Crippen molar-refractivity contribution in [3.8, 4) is 0 Å². The summed E-state index contributed by atoms with van der Waals surface area (Å²) in [5.74, 6) is 0. The number of benzene rings is 3. The van der Waals surface area contributed by atoms with Crippen LogP contribution in [0.2, 0.25) is 0 Å². The Morgan fingerprint density at radius 2 is 1.38 bits per heavy atom. The first-order valence-corrected chi connectivity index (χ1v) is 7.21. The van der Waals surface area contributed by atoms with Crippen molar-refractivity contribution in [1.82, 2.24) is 4.98 Å². The SMILES string of the molecule is c1ccc2nc(Cc3cccc4ccccc34)ccc2c1. The van der Waals surface area contributed by atoms with E-state index in [2.05, 4.69) is 66.7 Å². The van der Waals surface area contributed by atoms with Crippen LogP contribution in [-0.4, -0.2) is 4.98 Å². The lowest BCUT2D eigenvalue weighted by atomic mass is 10.0. The Morgan fingerprint density at radius 3 is 2.33 bits per heavy atom. The van der Waals surface area contributed by atoms with E-state index in [-0.39, 0.29) is 0 Å². The number of hydrogen-bond donors (Lipinski definition) is 0. The molecule has 0 aliphatic rings. The van der Waals surface area contributed by atoms with E-state index in [1.807, 2.05) is 12.1 Å². The van der Waals surface area contributed by atoms with Gasteiger partial charge in [-0.3, -0.25) is 4.98 Å². The van der Waals surface area contributed by atoms with Gasteiger partial charge in [0.15, 0.2) is 0 Å². The molecule has 1 nitrogen and oxygen atoms in total. The summed E-state index contributed by atoms with van der Waals surface area (Å²) in [6.45, 7) is 0. The van der Waals surface area contributed by atoms with Crippen LogP contribution < -0.4 is 0 Å².